The molecule has 23 heavy (non-hydrogen) atoms. The Balaban J connectivity index is 1.84. The first-order valence-corrected chi connectivity index (χ1v) is 9.61. The van der Waals surface area contributed by atoms with E-state index in [0.29, 0.717) is 4.90 Å². The fraction of sp³-hybridized carbons (Fsp3) is 0.368. The first-order chi connectivity index (χ1) is 11.0. The van der Waals surface area contributed by atoms with Gasteiger partial charge >= 0.3 is 0 Å². The van der Waals surface area contributed by atoms with Crippen LogP contribution in [0.3, 0.4) is 0 Å². The molecule has 1 aliphatic heterocycles. The molecule has 1 heterocycles. The molecule has 3 atom stereocenters. The zero-order valence-electron chi connectivity index (χ0n) is 13.6. The lowest BCUT2D eigenvalue weighted by molar-refractivity contribution is 0.257. The molecular formula is C19H23NO2S. The SMILES string of the molecule is C[C@H]1CN(Cc2ccccc2)[C@@H](C)[C@@H]1S(=O)(=O)c1ccccc1. The Hall–Kier alpha value is -1.65. The van der Waals surface area contributed by atoms with Crippen molar-refractivity contribution in [3.8, 4) is 0 Å². The summed E-state index contributed by atoms with van der Waals surface area (Å²) in [6.07, 6.45) is 0. The zero-order chi connectivity index (χ0) is 16.4. The molecule has 0 radical (unpaired) electrons. The van der Waals surface area contributed by atoms with Crippen molar-refractivity contribution in [2.24, 2.45) is 5.92 Å². The Labute approximate surface area is 138 Å². The van der Waals surface area contributed by atoms with Gasteiger partial charge in [0.25, 0.3) is 0 Å². The number of nitrogens with zero attached hydrogens (tertiary/aromatic N) is 1. The van der Waals surface area contributed by atoms with E-state index in [1.54, 1.807) is 24.3 Å². The second kappa shape index (κ2) is 6.46. The molecule has 0 saturated carbocycles. The predicted octanol–water partition coefficient (Wildman–Crippen LogP) is 3.37. The van der Waals surface area contributed by atoms with Crippen LogP contribution in [0, 0.1) is 5.92 Å². The topological polar surface area (TPSA) is 37.4 Å². The molecule has 3 nitrogen and oxygen atoms in total. The predicted molar refractivity (Wildman–Crippen MR) is 92.9 cm³/mol. The Morgan fingerprint density at radius 2 is 1.52 bits per heavy atom. The van der Waals surface area contributed by atoms with Crippen LogP contribution in [-0.4, -0.2) is 31.2 Å². The van der Waals surface area contributed by atoms with Gasteiger partial charge in [0.2, 0.25) is 0 Å². The van der Waals surface area contributed by atoms with E-state index >= 15 is 0 Å². The highest BCUT2D eigenvalue weighted by atomic mass is 32.2. The van der Waals surface area contributed by atoms with E-state index in [0.717, 1.165) is 13.1 Å². The lowest BCUT2D eigenvalue weighted by Crippen LogP contribution is -2.37. The largest absolute Gasteiger partial charge is 0.295 e. The van der Waals surface area contributed by atoms with Crippen molar-refractivity contribution in [2.45, 2.75) is 36.6 Å². The molecule has 1 aliphatic rings. The molecule has 0 amide bonds. The van der Waals surface area contributed by atoms with Gasteiger partial charge in [0.1, 0.15) is 0 Å². The monoisotopic (exact) mass is 329 g/mol. The van der Waals surface area contributed by atoms with Gasteiger partial charge in [-0.25, -0.2) is 8.42 Å². The molecule has 122 valence electrons. The first kappa shape index (κ1) is 16.2. The maximum Gasteiger partial charge on any atom is 0.183 e. The summed E-state index contributed by atoms with van der Waals surface area (Å²) in [5.41, 5.74) is 1.23. The average Bonchev–Trinajstić information content (AvgIpc) is 2.83. The van der Waals surface area contributed by atoms with Gasteiger partial charge in [-0.2, -0.15) is 0 Å². The molecule has 0 spiro atoms. The summed E-state index contributed by atoms with van der Waals surface area (Å²) in [7, 11) is -3.30. The van der Waals surface area contributed by atoms with Gasteiger partial charge in [-0.1, -0.05) is 55.5 Å². The van der Waals surface area contributed by atoms with Crippen molar-refractivity contribution in [3.05, 3.63) is 66.2 Å². The molecule has 0 bridgehead atoms. The van der Waals surface area contributed by atoms with E-state index in [1.165, 1.54) is 5.56 Å². The number of rotatable bonds is 4. The molecule has 2 aromatic rings. The Bertz CT molecular complexity index is 743. The maximum absolute atomic E-state index is 13.0. The zero-order valence-corrected chi connectivity index (χ0v) is 14.4. The number of hydrogen-bond acceptors (Lipinski definition) is 3. The van der Waals surface area contributed by atoms with Crippen LogP contribution < -0.4 is 0 Å². The Morgan fingerprint density at radius 1 is 0.957 bits per heavy atom. The van der Waals surface area contributed by atoms with Crippen LogP contribution in [0.4, 0.5) is 0 Å². The fourth-order valence-corrected chi connectivity index (χ4v) is 5.92. The first-order valence-electron chi connectivity index (χ1n) is 8.07. The Kier molecular flexibility index (Phi) is 4.55. The van der Waals surface area contributed by atoms with Gasteiger partial charge in [-0.05, 0) is 30.5 Å². The third kappa shape index (κ3) is 3.19. The molecule has 1 saturated heterocycles. The fourth-order valence-electron chi connectivity index (χ4n) is 3.68. The van der Waals surface area contributed by atoms with Gasteiger partial charge in [0, 0.05) is 19.1 Å². The van der Waals surface area contributed by atoms with Crippen molar-refractivity contribution in [2.75, 3.05) is 6.54 Å². The van der Waals surface area contributed by atoms with Crippen LogP contribution in [0.2, 0.25) is 0 Å². The second-order valence-electron chi connectivity index (χ2n) is 6.46. The minimum Gasteiger partial charge on any atom is -0.295 e. The summed E-state index contributed by atoms with van der Waals surface area (Å²) in [6.45, 7) is 5.70. The van der Waals surface area contributed by atoms with Crippen LogP contribution in [0.1, 0.15) is 19.4 Å². The highest BCUT2D eigenvalue weighted by molar-refractivity contribution is 7.92. The quantitative estimate of drug-likeness (QED) is 0.863. The van der Waals surface area contributed by atoms with Crippen molar-refractivity contribution >= 4 is 9.84 Å². The summed E-state index contributed by atoms with van der Waals surface area (Å²) in [4.78, 5) is 2.72. The highest BCUT2D eigenvalue weighted by Gasteiger charge is 2.44. The molecule has 3 rings (SSSR count). The van der Waals surface area contributed by atoms with Gasteiger partial charge in [0.15, 0.2) is 9.84 Å². The van der Waals surface area contributed by atoms with Crippen LogP contribution in [0.25, 0.3) is 0 Å². The summed E-state index contributed by atoms with van der Waals surface area (Å²) in [5.74, 6) is 0.124. The molecule has 4 heteroatoms. The maximum atomic E-state index is 13.0. The molecule has 0 unspecified atom stereocenters. The Morgan fingerprint density at radius 3 is 2.13 bits per heavy atom. The van der Waals surface area contributed by atoms with E-state index < -0.39 is 9.84 Å². The third-order valence-electron chi connectivity index (χ3n) is 4.79. The van der Waals surface area contributed by atoms with E-state index in [1.807, 2.05) is 38.1 Å². The molecule has 1 fully saturated rings. The molecule has 2 aromatic carbocycles. The smallest absolute Gasteiger partial charge is 0.183 e. The van der Waals surface area contributed by atoms with Gasteiger partial charge in [-0.15, -0.1) is 0 Å². The van der Waals surface area contributed by atoms with Crippen molar-refractivity contribution < 1.29 is 8.42 Å². The molecular weight excluding hydrogens is 306 g/mol. The van der Waals surface area contributed by atoms with Gasteiger partial charge in [0.05, 0.1) is 10.1 Å². The van der Waals surface area contributed by atoms with Crippen molar-refractivity contribution in [1.82, 2.24) is 4.90 Å². The molecule has 0 N–H and O–H groups in total. The van der Waals surface area contributed by atoms with E-state index in [9.17, 15) is 8.42 Å². The standard InChI is InChI=1S/C19H23NO2S/c1-15-13-20(14-17-9-5-3-6-10-17)16(2)19(15)23(21,22)18-11-7-4-8-12-18/h3-12,15-16,19H,13-14H2,1-2H3/t15-,16-,19+/m0/s1. The highest BCUT2D eigenvalue weighted by Crippen LogP contribution is 2.33. The lowest BCUT2D eigenvalue weighted by atomic mass is 10.1. The summed E-state index contributed by atoms with van der Waals surface area (Å²) < 4.78 is 26.1. The second-order valence-corrected chi connectivity index (χ2v) is 8.56. The van der Waals surface area contributed by atoms with E-state index in [-0.39, 0.29) is 17.2 Å². The number of sulfone groups is 1. The summed E-state index contributed by atoms with van der Waals surface area (Å²) in [5, 5.41) is -0.353. The minimum atomic E-state index is -3.30. The number of likely N-dealkylation sites (tertiary alicyclic amines) is 1. The summed E-state index contributed by atoms with van der Waals surface area (Å²) in [6, 6.07) is 19.1. The van der Waals surface area contributed by atoms with Crippen LogP contribution in [0.5, 0.6) is 0 Å². The van der Waals surface area contributed by atoms with Gasteiger partial charge < -0.3 is 0 Å². The normalized spacial score (nSPS) is 25.6. The summed E-state index contributed by atoms with van der Waals surface area (Å²) >= 11 is 0. The van der Waals surface area contributed by atoms with E-state index in [2.05, 4.69) is 17.0 Å². The van der Waals surface area contributed by atoms with Gasteiger partial charge in [-0.3, -0.25) is 4.90 Å². The third-order valence-corrected chi connectivity index (χ3v) is 7.30. The van der Waals surface area contributed by atoms with Crippen molar-refractivity contribution in [3.63, 3.8) is 0 Å². The van der Waals surface area contributed by atoms with Crippen LogP contribution in [-0.2, 0) is 16.4 Å². The van der Waals surface area contributed by atoms with Crippen LogP contribution in [0.15, 0.2) is 65.6 Å². The minimum absolute atomic E-state index is 0.00964. The average molecular weight is 329 g/mol. The van der Waals surface area contributed by atoms with Crippen molar-refractivity contribution in [1.29, 1.82) is 0 Å². The number of benzene rings is 2. The lowest BCUT2D eigenvalue weighted by Gasteiger charge is -2.25. The van der Waals surface area contributed by atoms with Crippen LogP contribution >= 0.6 is 0 Å². The molecule has 0 aromatic heterocycles. The molecule has 0 aliphatic carbocycles. The number of hydrogen-bond donors (Lipinski definition) is 0. The van der Waals surface area contributed by atoms with E-state index in [4.69, 9.17) is 0 Å².